The van der Waals surface area contributed by atoms with Gasteiger partial charge in [0.1, 0.15) is 0 Å². The van der Waals surface area contributed by atoms with Gasteiger partial charge in [-0.3, -0.25) is 4.79 Å². The number of nitrogens with zero attached hydrogens (tertiary/aromatic N) is 1. The monoisotopic (exact) mass is 313 g/mol. The van der Waals surface area contributed by atoms with Gasteiger partial charge in [0.05, 0.1) is 5.75 Å². The lowest BCUT2D eigenvalue weighted by atomic mass is 10.2. The number of Topliss-reactive ketones (excluding diaryl/α,β-unsaturated/α-hetero) is 1. The molecule has 0 amide bonds. The number of thioether (sulfide) groups is 1. The van der Waals surface area contributed by atoms with Crippen LogP contribution in [0.15, 0.2) is 41.3 Å². The van der Waals surface area contributed by atoms with Gasteiger partial charge >= 0.3 is 0 Å². The molecule has 22 heavy (non-hydrogen) atoms. The smallest absolute Gasteiger partial charge is 0.174 e. The van der Waals surface area contributed by atoms with E-state index in [0.29, 0.717) is 11.8 Å². The van der Waals surface area contributed by atoms with E-state index in [1.165, 1.54) is 31.4 Å². The first-order valence-electron chi connectivity index (χ1n) is 8.06. The summed E-state index contributed by atoms with van der Waals surface area (Å²) in [5, 5.41) is 0. The number of carbonyl (C=O) groups excluding carboxylic acids is 1. The molecule has 0 N–H and O–H groups in total. The third kappa shape index (κ3) is 3.14. The Bertz CT molecular complexity index is 654. The van der Waals surface area contributed by atoms with E-state index < -0.39 is 0 Å². The van der Waals surface area contributed by atoms with E-state index >= 15 is 0 Å². The summed E-state index contributed by atoms with van der Waals surface area (Å²) >= 11 is 1.62. The number of rotatable bonds is 5. The molecule has 116 valence electrons. The van der Waals surface area contributed by atoms with Crippen molar-refractivity contribution >= 4 is 17.5 Å². The van der Waals surface area contributed by atoms with Crippen molar-refractivity contribution in [3.63, 3.8) is 0 Å². The molecular formula is C19H23NOS. The molecule has 1 aromatic carbocycles. The van der Waals surface area contributed by atoms with Crippen LogP contribution in [0.2, 0.25) is 0 Å². The quantitative estimate of drug-likeness (QED) is 0.559. The van der Waals surface area contributed by atoms with Gasteiger partial charge in [-0.2, -0.15) is 0 Å². The normalized spacial score (nSPS) is 15.4. The second-order valence-corrected chi connectivity index (χ2v) is 7.17. The van der Waals surface area contributed by atoms with Crippen LogP contribution < -0.4 is 0 Å². The fourth-order valence-corrected chi connectivity index (χ4v) is 4.33. The lowest BCUT2D eigenvalue weighted by Gasteiger charge is -2.17. The van der Waals surface area contributed by atoms with E-state index in [0.717, 1.165) is 16.2 Å². The first kappa shape index (κ1) is 15.4. The summed E-state index contributed by atoms with van der Waals surface area (Å²) in [7, 11) is 0. The zero-order valence-corrected chi connectivity index (χ0v) is 14.2. The molecule has 0 radical (unpaired) electrons. The molecule has 1 aliphatic carbocycles. The molecule has 0 unspecified atom stereocenters. The number of carbonyl (C=O) groups is 1. The molecular weight excluding hydrogens is 290 g/mol. The molecule has 1 saturated carbocycles. The Labute approximate surface area is 136 Å². The molecule has 0 saturated heterocycles. The zero-order chi connectivity index (χ0) is 15.5. The van der Waals surface area contributed by atoms with Crippen LogP contribution in [0.1, 0.15) is 53.5 Å². The fourth-order valence-electron chi connectivity index (χ4n) is 3.53. The molecule has 3 heteroatoms. The van der Waals surface area contributed by atoms with Crippen molar-refractivity contribution in [2.75, 3.05) is 5.75 Å². The van der Waals surface area contributed by atoms with Gasteiger partial charge in [0.25, 0.3) is 0 Å². The summed E-state index contributed by atoms with van der Waals surface area (Å²) in [5.41, 5.74) is 3.30. The Morgan fingerprint density at radius 2 is 1.86 bits per heavy atom. The Kier molecular flexibility index (Phi) is 4.72. The van der Waals surface area contributed by atoms with Crippen LogP contribution in [0.3, 0.4) is 0 Å². The third-order valence-corrected chi connectivity index (χ3v) is 5.60. The van der Waals surface area contributed by atoms with Gasteiger partial charge in [0.15, 0.2) is 5.78 Å². The lowest BCUT2D eigenvalue weighted by Crippen LogP contribution is -2.10. The highest BCUT2D eigenvalue weighted by molar-refractivity contribution is 8.00. The zero-order valence-electron chi connectivity index (χ0n) is 13.3. The van der Waals surface area contributed by atoms with Gasteiger partial charge in [0, 0.05) is 27.9 Å². The minimum Gasteiger partial charge on any atom is -0.345 e. The highest BCUT2D eigenvalue weighted by Gasteiger charge is 2.23. The van der Waals surface area contributed by atoms with Gasteiger partial charge < -0.3 is 4.57 Å². The van der Waals surface area contributed by atoms with Gasteiger partial charge in [-0.25, -0.2) is 0 Å². The van der Waals surface area contributed by atoms with Crippen molar-refractivity contribution in [3.05, 3.63) is 53.3 Å². The molecule has 1 heterocycles. The van der Waals surface area contributed by atoms with Crippen molar-refractivity contribution in [1.29, 1.82) is 0 Å². The minimum atomic E-state index is 0.242. The van der Waals surface area contributed by atoms with Gasteiger partial charge in [-0.15, -0.1) is 11.8 Å². The topological polar surface area (TPSA) is 22.0 Å². The maximum absolute atomic E-state index is 12.6. The van der Waals surface area contributed by atoms with Crippen molar-refractivity contribution in [3.8, 4) is 0 Å². The van der Waals surface area contributed by atoms with E-state index in [-0.39, 0.29) is 5.78 Å². The minimum absolute atomic E-state index is 0.242. The molecule has 1 fully saturated rings. The summed E-state index contributed by atoms with van der Waals surface area (Å²) in [6.45, 7) is 4.23. The maximum Gasteiger partial charge on any atom is 0.174 e. The molecule has 2 nitrogen and oxygen atoms in total. The summed E-state index contributed by atoms with van der Waals surface area (Å²) in [5.74, 6) is 0.755. The second-order valence-electron chi connectivity index (χ2n) is 6.12. The Balaban J connectivity index is 1.74. The number of hydrogen-bond acceptors (Lipinski definition) is 2. The largest absolute Gasteiger partial charge is 0.345 e. The molecule has 2 aromatic rings. The average Bonchev–Trinajstić information content (AvgIpc) is 3.14. The van der Waals surface area contributed by atoms with Crippen molar-refractivity contribution in [1.82, 2.24) is 4.57 Å². The highest BCUT2D eigenvalue weighted by atomic mass is 32.2. The van der Waals surface area contributed by atoms with Gasteiger partial charge in [-0.1, -0.05) is 31.0 Å². The number of aromatic nitrogens is 1. The van der Waals surface area contributed by atoms with Gasteiger partial charge in [-0.05, 0) is 44.9 Å². The Morgan fingerprint density at radius 1 is 1.18 bits per heavy atom. The Hall–Kier alpha value is -1.48. The van der Waals surface area contributed by atoms with Crippen LogP contribution in [0.5, 0.6) is 0 Å². The van der Waals surface area contributed by atoms with Crippen molar-refractivity contribution in [2.45, 2.75) is 50.5 Å². The van der Waals surface area contributed by atoms with E-state index in [1.807, 2.05) is 18.2 Å². The fraction of sp³-hybridized carbons (Fsp3) is 0.421. The van der Waals surface area contributed by atoms with E-state index in [9.17, 15) is 4.79 Å². The first-order chi connectivity index (χ1) is 10.7. The molecule has 0 bridgehead atoms. The van der Waals surface area contributed by atoms with Crippen LogP contribution >= 0.6 is 11.8 Å². The average molecular weight is 313 g/mol. The molecule has 1 aromatic heterocycles. The van der Waals surface area contributed by atoms with Crippen LogP contribution in [0.4, 0.5) is 0 Å². The number of ketones is 1. The standard InChI is InChI=1S/C19H23NOS/c1-14-12-18(15(2)20(14)16-8-6-7-9-16)19(21)13-22-17-10-4-3-5-11-17/h3-5,10-12,16H,6-9,13H2,1-2H3. The summed E-state index contributed by atoms with van der Waals surface area (Å²) < 4.78 is 2.40. The Morgan fingerprint density at radius 3 is 2.55 bits per heavy atom. The van der Waals surface area contributed by atoms with E-state index in [4.69, 9.17) is 0 Å². The third-order valence-electron chi connectivity index (χ3n) is 4.59. The van der Waals surface area contributed by atoms with Gasteiger partial charge in [0.2, 0.25) is 0 Å². The molecule has 0 atom stereocenters. The predicted octanol–water partition coefficient (Wildman–Crippen LogP) is 5.20. The summed E-state index contributed by atoms with van der Waals surface area (Å²) in [6, 6.07) is 12.8. The summed E-state index contributed by atoms with van der Waals surface area (Å²) in [4.78, 5) is 13.7. The SMILES string of the molecule is Cc1cc(C(=O)CSc2ccccc2)c(C)n1C1CCCC1. The molecule has 3 rings (SSSR count). The van der Waals surface area contributed by atoms with Crippen molar-refractivity contribution < 1.29 is 4.79 Å². The molecule has 1 aliphatic rings. The number of aryl methyl sites for hydroxylation is 1. The number of hydrogen-bond donors (Lipinski definition) is 0. The molecule has 0 spiro atoms. The first-order valence-corrected chi connectivity index (χ1v) is 9.05. The van der Waals surface area contributed by atoms with Crippen molar-refractivity contribution in [2.24, 2.45) is 0 Å². The second kappa shape index (κ2) is 6.74. The van der Waals surface area contributed by atoms with Crippen LogP contribution in [-0.2, 0) is 0 Å². The summed E-state index contributed by atoms with van der Waals surface area (Å²) in [6.07, 6.45) is 5.13. The number of benzene rings is 1. The van der Waals surface area contributed by atoms with E-state index in [2.05, 4.69) is 36.6 Å². The maximum atomic E-state index is 12.6. The predicted molar refractivity (Wildman–Crippen MR) is 92.9 cm³/mol. The van der Waals surface area contributed by atoms with E-state index in [1.54, 1.807) is 11.8 Å². The molecule has 0 aliphatic heterocycles. The lowest BCUT2D eigenvalue weighted by molar-refractivity contribution is 0.102. The highest BCUT2D eigenvalue weighted by Crippen LogP contribution is 2.33. The van der Waals surface area contributed by atoms with Crippen LogP contribution in [0, 0.1) is 13.8 Å². The van der Waals surface area contributed by atoms with Crippen LogP contribution in [-0.4, -0.2) is 16.1 Å². The van der Waals surface area contributed by atoms with Crippen LogP contribution in [0.25, 0.3) is 0 Å².